The molecule has 0 bridgehead atoms. The van der Waals surface area contributed by atoms with Gasteiger partial charge in [0.15, 0.2) is 0 Å². The summed E-state index contributed by atoms with van der Waals surface area (Å²) in [5, 5.41) is 8.51. The number of nitrogens with zero attached hydrogens (tertiary/aromatic N) is 1. The molecule has 0 aliphatic carbocycles. The Bertz CT molecular complexity index is 68.6. The van der Waals surface area contributed by atoms with Crippen molar-refractivity contribution in [2.24, 2.45) is 5.73 Å². The van der Waals surface area contributed by atoms with Crippen LogP contribution in [0.25, 0.3) is 0 Å². The number of hydrogen-bond acceptors (Lipinski definition) is 3. The van der Waals surface area contributed by atoms with Crippen molar-refractivity contribution in [3.63, 3.8) is 0 Å². The predicted molar refractivity (Wildman–Crippen MR) is 40.5 cm³/mol. The van der Waals surface area contributed by atoms with Crippen molar-refractivity contribution >= 4 is 0 Å². The maximum absolute atomic E-state index is 8.51. The van der Waals surface area contributed by atoms with Gasteiger partial charge in [-0.1, -0.05) is 6.92 Å². The van der Waals surface area contributed by atoms with Gasteiger partial charge in [0, 0.05) is 19.6 Å². The van der Waals surface area contributed by atoms with Gasteiger partial charge >= 0.3 is 59.1 Å². The quantitative estimate of drug-likeness (QED) is 0.414. The van der Waals surface area contributed by atoms with Gasteiger partial charge in [-0.25, -0.2) is 0 Å². The zero-order valence-corrected chi connectivity index (χ0v) is 12.0. The van der Waals surface area contributed by atoms with Gasteiger partial charge in [0.05, 0.1) is 6.61 Å². The molecule has 0 spiro atoms. The Kier molecular flexibility index (Phi) is 24.4. The van der Waals surface area contributed by atoms with E-state index in [4.69, 9.17) is 10.8 Å². The predicted octanol–water partition coefficient (Wildman–Crippen LogP) is -6.51. The SMILES string of the molecule is CCN(CCN)CCO.[H-].[H-].[Na+].[Na+]. The first kappa shape index (κ1) is 18.6. The molecule has 3 N–H and O–H groups in total. The number of nitrogens with two attached hydrogens (primary N) is 1. The molecule has 0 aliphatic heterocycles. The van der Waals surface area contributed by atoms with Gasteiger partial charge in [-0.2, -0.15) is 0 Å². The summed E-state index contributed by atoms with van der Waals surface area (Å²) >= 11 is 0. The van der Waals surface area contributed by atoms with E-state index in [1.54, 1.807) is 0 Å². The summed E-state index contributed by atoms with van der Waals surface area (Å²) < 4.78 is 0. The van der Waals surface area contributed by atoms with Gasteiger partial charge < -0.3 is 18.6 Å². The second kappa shape index (κ2) is 14.4. The van der Waals surface area contributed by atoms with Gasteiger partial charge in [0.25, 0.3) is 0 Å². The van der Waals surface area contributed by atoms with Crippen LogP contribution in [0.4, 0.5) is 0 Å². The zero-order chi connectivity index (χ0) is 7.11. The molecule has 0 aliphatic rings. The van der Waals surface area contributed by atoms with Gasteiger partial charge in [-0.05, 0) is 6.54 Å². The number of aliphatic hydroxyl groups excluding tert-OH is 1. The van der Waals surface area contributed by atoms with E-state index < -0.39 is 0 Å². The van der Waals surface area contributed by atoms with Crippen LogP contribution in [0, 0.1) is 0 Å². The van der Waals surface area contributed by atoms with Gasteiger partial charge in [0.1, 0.15) is 0 Å². The molecule has 0 radical (unpaired) electrons. The zero-order valence-electron chi connectivity index (χ0n) is 10.0. The molecular weight excluding hydrogens is 162 g/mol. The van der Waals surface area contributed by atoms with Gasteiger partial charge in [0.2, 0.25) is 0 Å². The van der Waals surface area contributed by atoms with E-state index in [1.165, 1.54) is 0 Å². The molecule has 11 heavy (non-hydrogen) atoms. The molecule has 0 aromatic rings. The minimum atomic E-state index is 0. The molecule has 5 heteroatoms. The molecule has 60 valence electrons. The molecule has 0 aromatic carbocycles. The van der Waals surface area contributed by atoms with Crippen LogP contribution in [0.5, 0.6) is 0 Å². The minimum Gasteiger partial charge on any atom is -1.00 e. The molecule has 0 aromatic heterocycles. The first-order valence-electron chi connectivity index (χ1n) is 3.38. The van der Waals surface area contributed by atoms with Crippen molar-refractivity contribution in [1.82, 2.24) is 4.90 Å². The van der Waals surface area contributed by atoms with Crippen LogP contribution in [0.15, 0.2) is 0 Å². The molecule has 0 saturated heterocycles. The third-order valence-corrected chi connectivity index (χ3v) is 1.31. The smallest absolute Gasteiger partial charge is 1.00 e. The van der Waals surface area contributed by atoms with Crippen molar-refractivity contribution in [2.45, 2.75) is 6.92 Å². The summed E-state index contributed by atoms with van der Waals surface area (Å²) in [7, 11) is 0. The van der Waals surface area contributed by atoms with Crippen LogP contribution in [-0.4, -0.2) is 42.8 Å². The topological polar surface area (TPSA) is 49.5 Å². The second-order valence-corrected chi connectivity index (χ2v) is 1.95. The maximum atomic E-state index is 8.51. The van der Waals surface area contributed by atoms with Crippen LogP contribution in [0.3, 0.4) is 0 Å². The monoisotopic (exact) mass is 180 g/mol. The number of aliphatic hydroxyl groups is 1. The fourth-order valence-electron chi connectivity index (χ4n) is 0.752. The van der Waals surface area contributed by atoms with Crippen molar-refractivity contribution < 1.29 is 67.1 Å². The van der Waals surface area contributed by atoms with Crippen molar-refractivity contribution in [2.75, 3.05) is 32.8 Å². The van der Waals surface area contributed by atoms with Crippen LogP contribution >= 0.6 is 0 Å². The fourth-order valence-corrected chi connectivity index (χ4v) is 0.752. The van der Waals surface area contributed by atoms with E-state index in [1.807, 2.05) is 0 Å². The third kappa shape index (κ3) is 11.9. The molecular formula is C6H18N2Na2O. The van der Waals surface area contributed by atoms with Crippen LogP contribution < -0.4 is 64.8 Å². The number of rotatable bonds is 5. The molecule has 0 unspecified atom stereocenters. The first-order valence-corrected chi connectivity index (χ1v) is 3.38. The summed E-state index contributed by atoms with van der Waals surface area (Å²) in [5.74, 6) is 0. The van der Waals surface area contributed by atoms with Crippen molar-refractivity contribution in [3.8, 4) is 0 Å². The Morgan fingerprint density at radius 3 is 2.18 bits per heavy atom. The van der Waals surface area contributed by atoms with E-state index in [-0.39, 0.29) is 68.6 Å². The molecule has 0 atom stereocenters. The Balaban J connectivity index is -0.0000000533. The summed E-state index contributed by atoms with van der Waals surface area (Å²) in [6.07, 6.45) is 0. The fraction of sp³-hybridized carbons (Fsp3) is 1.00. The molecule has 0 heterocycles. The Labute approximate surface area is 116 Å². The largest absolute Gasteiger partial charge is 1.00 e. The summed E-state index contributed by atoms with van der Waals surface area (Å²) in [4.78, 5) is 2.11. The average molecular weight is 180 g/mol. The Morgan fingerprint density at radius 2 is 1.91 bits per heavy atom. The van der Waals surface area contributed by atoms with E-state index in [0.717, 1.165) is 19.6 Å². The summed E-state index contributed by atoms with van der Waals surface area (Å²) in [5.41, 5.74) is 5.31. The summed E-state index contributed by atoms with van der Waals surface area (Å²) in [6, 6.07) is 0. The van der Waals surface area contributed by atoms with Crippen LogP contribution in [-0.2, 0) is 0 Å². The Morgan fingerprint density at radius 1 is 1.36 bits per heavy atom. The van der Waals surface area contributed by atoms with Gasteiger partial charge in [-0.3, -0.25) is 0 Å². The molecule has 0 saturated carbocycles. The maximum Gasteiger partial charge on any atom is 1.00 e. The molecule has 3 nitrogen and oxygen atoms in total. The summed E-state index contributed by atoms with van der Waals surface area (Å²) in [6.45, 7) is 5.57. The second-order valence-electron chi connectivity index (χ2n) is 1.95. The van der Waals surface area contributed by atoms with Crippen LogP contribution in [0.1, 0.15) is 9.78 Å². The van der Waals surface area contributed by atoms with E-state index in [0.29, 0.717) is 6.54 Å². The first-order chi connectivity index (χ1) is 4.35. The third-order valence-electron chi connectivity index (χ3n) is 1.31. The number of likely N-dealkylation sites (N-methyl/N-ethyl adjacent to an activating group) is 1. The van der Waals surface area contributed by atoms with Crippen molar-refractivity contribution in [1.29, 1.82) is 0 Å². The normalized spacial score (nSPS) is 8.73. The number of hydrogen-bond donors (Lipinski definition) is 2. The van der Waals surface area contributed by atoms with Crippen molar-refractivity contribution in [3.05, 3.63) is 0 Å². The molecule has 0 amide bonds. The average Bonchev–Trinajstić information content (AvgIpc) is 1.88. The molecule has 0 fully saturated rings. The molecule has 0 rings (SSSR count). The van der Waals surface area contributed by atoms with Crippen LogP contribution in [0.2, 0.25) is 0 Å². The minimum absolute atomic E-state index is 0. The van der Waals surface area contributed by atoms with E-state index in [9.17, 15) is 0 Å². The van der Waals surface area contributed by atoms with E-state index in [2.05, 4.69) is 11.8 Å². The standard InChI is InChI=1S/C6H16N2O.2Na.2H/c1-2-8(4-3-7)5-6-9;;;;/h9H,2-7H2,1H3;;;;/q;2*+1;2*-1. The van der Waals surface area contributed by atoms with E-state index >= 15 is 0 Å². The Hall–Kier alpha value is 1.88. The van der Waals surface area contributed by atoms with Gasteiger partial charge in [-0.15, -0.1) is 0 Å².